The van der Waals surface area contributed by atoms with Crippen LogP contribution in [0.5, 0.6) is 33.1 Å². The molecule has 4 nitrogen and oxygen atoms in total. The minimum absolute atomic E-state index is 0.779. The van der Waals surface area contributed by atoms with E-state index in [1.807, 2.05) is 83.6 Å². The quantitative estimate of drug-likeness (QED) is 0.181. The SMILES string of the molecule is C1=CC[C]([Zr]([O]c2ccc(Oc3cccs3)cc2)([O]c2ccc(Oc3cccs3)cc2)[C]2=CC=CC2)=C1. The second kappa shape index (κ2) is 11.1. The Kier molecular flexibility index (Phi) is 7.27. The first-order valence-corrected chi connectivity index (χ1v) is 18.2. The molecule has 0 aliphatic heterocycles. The van der Waals surface area contributed by atoms with Crippen LogP contribution in [0.4, 0.5) is 0 Å². The van der Waals surface area contributed by atoms with Gasteiger partial charge in [0.15, 0.2) is 0 Å². The fourth-order valence-electron chi connectivity index (χ4n) is 4.23. The first-order chi connectivity index (χ1) is 18.3. The number of ether oxygens (including phenoxy) is 2. The first kappa shape index (κ1) is 24.2. The summed E-state index contributed by atoms with van der Waals surface area (Å²) in [4.78, 5) is 0. The molecule has 37 heavy (non-hydrogen) atoms. The monoisotopic (exact) mass is 602 g/mol. The van der Waals surface area contributed by atoms with Gasteiger partial charge in [-0.25, -0.2) is 0 Å². The van der Waals surface area contributed by atoms with Crippen LogP contribution in [-0.2, 0) is 21.1 Å². The third kappa shape index (κ3) is 5.59. The van der Waals surface area contributed by atoms with Crippen molar-refractivity contribution in [2.45, 2.75) is 12.8 Å². The minimum atomic E-state index is -4.06. The van der Waals surface area contributed by atoms with Crippen molar-refractivity contribution < 1.29 is 36.2 Å². The average Bonchev–Trinajstić information content (AvgIpc) is 3.75. The van der Waals surface area contributed by atoms with Gasteiger partial charge < -0.3 is 0 Å². The first-order valence-electron chi connectivity index (χ1n) is 12.0. The van der Waals surface area contributed by atoms with Crippen LogP contribution >= 0.6 is 22.7 Å². The van der Waals surface area contributed by atoms with Gasteiger partial charge in [0.2, 0.25) is 0 Å². The van der Waals surface area contributed by atoms with Gasteiger partial charge in [-0.3, -0.25) is 0 Å². The second-order valence-corrected chi connectivity index (χ2v) is 17.5. The van der Waals surface area contributed by atoms with E-state index in [0.717, 1.165) is 46.0 Å². The molecule has 0 bridgehead atoms. The molecular formula is C30H24O4S2Zr. The number of rotatable bonds is 10. The van der Waals surface area contributed by atoms with Gasteiger partial charge in [-0.15, -0.1) is 0 Å². The maximum atomic E-state index is 6.97. The predicted molar refractivity (Wildman–Crippen MR) is 147 cm³/mol. The van der Waals surface area contributed by atoms with Crippen LogP contribution in [0.25, 0.3) is 0 Å². The van der Waals surface area contributed by atoms with Crippen molar-refractivity contribution in [3.63, 3.8) is 0 Å². The summed E-state index contributed by atoms with van der Waals surface area (Å²) in [5, 5.41) is 5.73. The van der Waals surface area contributed by atoms with Crippen molar-refractivity contribution in [1.82, 2.24) is 0 Å². The summed E-state index contributed by atoms with van der Waals surface area (Å²) in [6.07, 6.45) is 14.6. The molecule has 2 aromatic carbocycles. The van der Waals surface area contributed by atoms with Crippen molar-refractivity contribution in [1.29, 1.82) is 0 Å². The van der Waals surface area contributed by atoms with Gasteiger partial charge in [-0.2, -0.15) is 0 Å². The number of hydrogen-bond acceptors (Lipinski definition) is 6. The van der Waals surface area contributed by atoms with Crippen molar-refractivity contribution >= 4 is 22.7 Å². The topological polar surface area (TPSA) is 36.9 Å². The Morgan fingerprint density at radius 2 is 0.973 bits per heavy atom. The van der Waals surface area contributed by atoms with Crippen LogP contribution < -0.4 is 15.1 Å². The molecule has 0 unspecified atom stereocenters. The summed E-state index contributed by atoms with van der Waals surface area (Å²) in [6, 6.07) is 23.6. The van der Waals surface area contributed by atoms with Crippen molar-refractivity contribution in [2.24, 2.45) is 0 Å². The van der Waals surface area contributed by atoms with Crippen LogP contribution in [0, 0.1) is 0 Å². The molecule has 7 heteroatoms. The summed E-state index contributed by atoms with van der Waals surface area (Å²) in [7, 11) is 0. The van der Waals surface area contributed by atoms with E-state index in [0.29, 0.717) is 0 Å². The van der Waals surface area contributed by atoms with E-state index in [9.17, 15) is 0 Å². The fraction of sp³-hybridized carbons (Fsp3) is 0.0667. The normalized spacial score (nSPS) is 14.4. The van der Waals surface area contributed by atoms with E-state index in [4.69, 9.17) is 15.1 Å². The standard InChI is InChI=1S/2C10H8O2S.2C5H5.Zr/c2*11-8-3-5-9(6-4-8)12-10-2-1-7-13-10;2*1-2-4-5-3-1;/h2*1-7,11H;2*1-3H,4H2;/q;;;;+2/p-2. The van der Waals surface area contributed by atoms with E-state index >= 15 is 0 Å². The summed E-state index contributed by atoms with van der Waals surface area (Å²) in [6.45, 7) is 0. The molecule has 0 atom stereocenters. The predicted octanol–water partition coefficient (Wildman–Crippen LogP) is 9.52. The van der Waals surface area contributed by atoms with Gasteiger partial charge in [0.1, 0.15) is 0 Å². The van der Waals surface area contributed by atoms with E-state index in [-0.39, 0.29) is 0 Å². The molecule has 2 aliphatic carbocycles. The molecule has 2 heterocycles. The van der Waals surface area contributed by atoms with Gasteiger partial charge in [0.05, 0.1) is 0 Å². The average molecular weight is 604 g/mol. The molecular weight excluding hydrogens is 580 g/mol. The van der Waals surface area contributed by atoms with Gasteiger partial charge in [-0.05, 0) is 0 Å². The summed E-state index contributed by atoms with van der Waals surface area (Å²) < 4.78 is 28.3. The van der Waals surface area contributed by atoms with E-state index in [2.05, 4.69) is 36.5 Å². The van der Waals surface area contributed by atoms with Crippen molar-refractivity contribution in [3.8, 4) is 33.1 Å². The number of allylic oxidation sites excluding steroid dienone is 8. The second-order valence-electron chi connectivity index (χ2n) is 8.48. The molecule has 4 aromatic rings. The molecule has 2 aromatic heterocycles. The van der Waals surface area contributed by atoms with Gasteiger partial charge in [0, 0.05) is 0 Å². The molecule has 0 spiro atoms. The van der Waals surface area contributed by atoms with Gasteiger partial charge >= 0.3 is 231 Å². The van der Waals surface area contributed by atoms with Crippen LogP contribution in [0.1, 0.15) is 12.8 Å². The zero-order valence-corrected chi connectivity index (χ0v) is 24.0. The Labute approximate surface area is 230 Å². The molecule has 0 radical (unpaired) electrons. The maximum absolute atomic E-state index is 6.97. The molecule has 184 valence electrons. The van der Waals surface area contributed by atoms with E-state index in [1.54, 1.807) is 22.7 Å². The van der Waals surface area contributed by atoms with Crippen molar-refractivity contribution in [2.75, 3.05) is 0 Å². The van der Waals surface area contributed by atoms with Crippen LogP contribution in [-0.4, -0.2) is 0 Å². The molecule has 0 amide bonds. The molecule has 6 rings (SSSR count). The Morgan fingerprint density at radius 3 is 1.32 bits per heavy atom. The molecule has 0 N–H and O–H groups in total. The Hall–Kier alpha value is -3.12. The summed E-state index contributed by atoms with van der Waals surface area (Å²) >= 11 is -0.924. The molecule has 2 aliphatic rings. The molecule has 0 saturated heterocycles. The summed E-state index contributed by atoms with van der Waals surface area (Å²) in [5.74, 6) is 3.13. The van der Waals surface area contributed by atoms with Crippen LogP contribution in [0.3, 0.4) is 0 Å². The van der Waals surface area contributed by atoms with Gasteiger partial charge in [-0.1, -0.05) is 0 Å². The van der Waals surface area contributed by atoms with Crippen molar-refractivity contribution in [3.05, 3.63) is 127 Å². The molecule has 0 saturated carbocycles. The van der Waals surface area contributed by atoms with Crippen LogP contribution in [0.15, 0.2) is 127 Å². The molecule has 0 fully saturated rings. The van der Waals surface area contributed by atoms with Crippen LogP contribution in [0.2, 0.25) is 0 Å². The fourth-order valence-corrected chi connectivity index (χ4v) is 13.6. The Morgan fingerprint density at radius 1 is 0.541 bits per heavy atom. The Bertz CT molecular complexity index is 1340. The third-order valence-electron chi connectivity index (χ3n) is 5.99. The zero-order valence-electron chi connectivity index (χ0n) is 19.9. The third-order valence-corrected chi connectivity index (χ3v) is 16.0. The zero-order chi connectivity index (χ0) is 24.9. The van der Waals surface area contributed by atoms with Gasteiger partial charge in [0.25, 0.3) is 0 Å². The number of hydrogen-bond donors (Lipinski definition) is 0. The van der Waals surface area contributed by atoms with E-state index in [1.165, 1.54) is 6.56 Å². The Balaban J connectivity index is 1.29. The van der Waals surface area contributed by atoms with E-state index < -0.39 is 21.1 Å². The number of thiophene rings is 2. The summed E-state index contributed by atoms with van der Waals surface area (Å²) in [5.41, 5.74) is 0. The number of benzene rings is 2.